The quantitative estimate of drug-likeness (QED) is 0.542. The van der Waals surface area contributed by atoms with Crippen LogP contribution in [0.2, 0.25) is 0 Å². The van der Waals surface area contributed by atoms with Gasteiger partial charge >= 0.3 is 0 Å². The molecule has 0 radical (unpaired) electrons. The van der Waals surface area contributed by atoms with Gasteiger partial charge in [-0.15, -0.1) is 0 Å². The van der Waals surface area contributed by atoms with Crippen LogP contribution < -0.4 is 10.9 Å². The number of fused-ring (bicyclic) bond motifs is 1. The van der Waals surface area contributed by atoms with Crippen LogP contribution in [0.15, 0.2) is 65.7 Å². The number of nitrogens with one attached hydrogen (secondary N) is 1. The summed E-state index contributed by atoms with van der Waals surface area (Å²) in [5.74, 6) is 0.844. The molecule has 1 fully saturated rings. The van der Waals surface area contributed by atoms with Crippen molar-refractivity contribution in [3.63, 3.8) is 0 Å². The molecule has 1 aromatic carbocycles. The minimum atomic E-state index is -0.0553. The van der Waals surface area contributed by atoms with Gasteiger partial charge in [0.05, 0.1) is 28.5 Å². The Morgan fingerprint density at radius 3 is 2.45 bits per heavy atom. The van der Waals surface area contributed by atoms with Gasteiger partial charge in [0.2, 0.25) is 0 Å². The predicted octanol–water partition coefficient (Wildman–Crippen LogP) is 4.15. The zero-order valence-corrected chi connectivity index (χ0v) is 17.4. The van der Waals surface area contributed by atoms with Crippen LogP contribution in [0, 0.1) is 6.92 Å². The van der Waals surface area contributed by atoms with E-state index in [1.54, 1.807) is 29.2 Å². The smallest absolute Gasteiger partial charge is 0.267 e. The van der Waals surface area contributed by atoms with E-state index in [1.807, 2.05) is 43.3 Å². The van der Waals surface area contributed by atoms with Crippen molar-refractivity contribution in [2.75, 3.05) is 5.32 Å². The van der Waals surface area contributed by atoms with Crippen LogP contribution in [0.5, 0.6) is 0 Å². The number of rotatable bonds is 4. The van der Waals surface area contributed by atoms with Crippen LogP contribution in [0.4, 0.5) is 5.82 Å². The first-order chi connectivity index (χ1) is 15.2. The lowest BCUT2D eigenvalue weighted by Gasteiger charge is -2.30. The van der Waals surface area contributed by atoms with Crippen molar-refractivity contribution in [2.24, 2.45) is 0 Å². The summed E-state index contributed by atoms with van der Waals surface area (Å²) in [6, 6.07) is 15.5. The highest BCUT2D eigenvalue weighted by atomic mass is 16.1. The van der Waals surface area contributed by atoms with Crippen molar-refractivity contribution in [3.05, 3.63) is 77.0 Å². The third-order valence-electron chi connectivity index (χ3n) is 5.91. The van der Waals surface area contributed by atoms with Gasteiger partial charge in [-0.05, 0) is 62.9 Å². The average Bonchev–Trinajstić information content (AvgIpc) is 2.81. The molecule has 3 heterocycles. The Hall–Kier alpha value is -3.61. The van der Waals surface area contributed by atoms with Gasteiger partial charge in [0.25, 0.3) is 5.56 Å². The molecule has 0 unspecified atom stereocenters. The second-order valence-electron chi connectivity index (χ2n) is 8.04. The third-order valence-corrected chi connectivity index (χ3v) is 5.91. The molecule has 1 aliphatic rings. The SMILES string of the molecule is Cc1nc2ccccc2nc1NC1CCC(n2nc(-c3cccnc3)ccc2=O)CC1. The molecule has 0 spiro atoms. The average molecular weight is 412 g/mol. The standard InChI is InChI=1S/C24H24N6O/c1-16-24(28-22-7-3-2-6-21(22)26-16)27-18-8-10-19(11-9-18)30-23(31)13-12-20(29-30)17-5-4-14-25-15-17/h2-7,12-15,18-19H,8-11H2,1H3,(H,27,28). The molecular weight excluding hydrogens is 388 g/mol. The number of aromatic nitrogens is 5. The van der Waals surface area contributed by atoms with Gasteiger partial charge in [-0.25, -0.2) is 14.6 Å². The predicted molar refractivity (Wildman–Crippen MR) is 121 cm³/mol. The zero-order chi connectivity index (χ0) is 21.2. The number of nitrogens with zero attached hydrogens (tertiary/aromatic N) is 5. The van der Waals surface area contributed by atoms with E-state index in [0.29, 0.717) is 6.04 Å². The fourth-order valence-electron chi connectivity index (χ4n) is 4.24. The fourth-order valence-corrected chi connectivity index (χ4v) is 4.24. The summed E-state index contributed by atoms with van der Waals surface area (Å²) in [6.07, 6.45) is 7.18. The summed E-state index contributed by atoms with van der Waals surface area (Å²) in [4.78, 5) is 26.1. The molecule has 0 aliphatic heterocycles. The van der Waals surface area contributed by atoms with Gasteiger partial charge in [-0.2, -0.15) is 5.10 Å². The van der Waals surface area contributed by atoms with E-state index in [0.717, 1.165) is 59.5 Å². The van der Waals surface area contributed by atoms with E-state index in [1.165, 1.54) is 0 Å². The van der Waals surface area contributed by atoms with Crippen LogP contribution in [0.3, 0.4) is 0 Å². The molecule has 0 atom stereocenters. The summed E-state index contributed by atoms with van der Waals surface area (Å²) in [7, 11) is 0. The van der Waals surface area contributed by atoms with E-state index >= 15 is 0 Å². The molecule has 4 aromatic rings. The first kappa shape index (κ1) is 19.4. The summed E-state index contributed by atoms with van der Waals surface area (Å²) >= 11 is 0. The summed E-state index contributed by atoms with van der Waals surface area (Å²) in [5, 5.41) is 8.22. The summed E-state index contributed by atoms with van der Waals surface area (Å²) < 4.78 is 1.65. The molecule has 156 valence electrons. The highest BCUT2D eigenvalue weighted by Gasteiger charge is 2.25. The Labute approximate surface area is 180 Å². The lowest BCUT2D eigenvalue weighted by atomic mass is 9.91. The Morgan fingerprint density at radius 2 is 1.71 bits per heavy atom. The molecule has 0 bridgehead atoms. The van der Waals surface area contributed by atoms with Crippen LogP contribution in [0.25, 0.3) is 22.3 Å². The van der Waals surface area contributed by atoms with E-state index in [4.69, 9.17) is 4.98 Å². The van der Waals surface area contributed by atoms with E-state index < -0.39 is 0 Å². The number of anilines is 1. The van der Waals surface area contributed by atoms with Gasteiger partial charge in [-0.3, -0.25) is 9.78 Å². The maximum absolute atomic E-state index is 12.5. The molecule has 3 aromatic heterocycles. The minimum absolute atomic E-state index is 0.0553. The monoisotopic (exact) mass is 412 g/mol. The van der Waals surface area contributed by atoms with Crippen LogP contribution >= 0.6 is 0 Å². The van der Waals surface area contributed by atoms with E-state index in [9.17, 15) is 4.79 Å². The summed E-state index contributed by atoms with van der Waals surface area (Å²) in [6.45, 7) is 1.99. The fraction of sp³-hybridized carbons (Fsp3) is 0.292. The van der Waals surface area contributed by atoms with E-state index in [-0.39, 0.29) is 11.6 Å². The molecule has 7 nitrogen and oxygen atoms in total. The van der Waals surface area contributed by atoms with Crippen molar-refractivity contribution in [1.82, 2.24) is 24.7 Å². The van der Waals surface area contributed by atoms with Gasteiger partial charge < -0.3 is 5.32 Å². The Balaban J connectivity index is 1.30. The van der Waals surface area contributed by atoms with Crippen LogP contribution in [-0.2, 0) is 0 Å². The Kier molecular flexibility index (Phi) is 5.16. The maximum atomic E-state index is 12.5. The second-order valence-corrected chi connectivity index (χ2v) is 8.04. The number of benzene rings is 1. The maximum Gasteiger partial charge on any atom is 0.267 e. The lowest BCUT2D eigenvalue weighted by molar-refractivity contribution is 0.304. The van der Waals surface area contributed by atoms with E-state index in [2.05, 4.69) is 20.4 Å². The molecule has 0 saturated heterocycles. The van der Waals surface area contributed by atoms with Crippen molar-refractivity contribution < 1.29 is 0 Å². The minimum Gasteiger partial charge on any atom is -0.366 e. The Morgan fingerprint density at radius 1 is 0.935 bits per heavy atom. The van der Waals surface area contributed by atoms with Gasteiger partial charge in [0.1, 0.15) is 5.82 Å². The molecule has 31 heavy (non-hydrogen) atoms. The number of para-hydroxylation sites is 2. The van der Waals surface area contributed by atoms with Crippen molar-refractivity contribution in [1.29, 1.82) is 0 Å². The first-order valence-corrected chi connectivity index (χ1v) is 10.7. The molecule has 1 N–H and O–H groups in total. The highest BCUT2D eigenvalue weighted by Crippen LogP contribution is 2.30. The van der Waals surface area contributed by atoms with Crippen LogP contribution in [-0.4, -0.2) is 30.8 Å². The van der Waals surface area contributed by atoms with Gasteiger partial charge in [0, 0.05) is 30.1 Å². The number of hydrogen-bond donors (Lipinski definition) is 1. The first-order valence-electron chi connectivity index (χ1n) is 10.7. The molecule has 0 amide bonds. The number of hydrogen-bond acceptors (Lipinski definition) is 6. The molecule has 1 aliphatic carbocycles. The van der Waals surface area contributed by atoms with Crippen LogP contribution in [0.1, 0.15) is 37.4 Å². The second kappa shape index (κ2) is 8.26. The van der Waals surface area contributed by atoms with Gasteiger partial charge in [0.15, 0.2) is 0 Å². The zero-order valence-electron chi connectivity index (χ0n) is 17.4. The molecule has 7 heteroatoms. The lowest BCUT2D eigenvalue weighted by Crippen LogP contribution is -2.33. The number of aryl methyl sites for hydroxylation is 1. The number of pyridine rings is 1. The third kappa shape index (κ3) is 4.03. The highest BCUT2D eigenvalue weighted by molar-refractivity contribution is 5.76. The van der Waals surface area contributed by atoms with Crippen molar-refractivity contribution in [2.45, 2.75) is 44.7 Å². The molecule has 5 rings (SSSR count). The molecular formula is C24H24N6O. The van der Waals surface area contributed by atoms with Crippen molar-refractivity contribution in [3.8, 4) is 11.3 Å². The molecule has 1 saturated carbocycles. The largest absolute Gasteiger partial charge is 0.366 e. The van der Waals surface area contributed by atoms with Crippen molar-refractivity contribution >= 4 is 16.9 Å². The topological polar surface area (TPSA) is 85.6 Å². The normalized spacial score (nSPS) is 18.7. The Bertz CT molecular complexity index is 1260. The summed E-state index contributed by atoms with van der Waals surface area (Å²) in [5.41, 5.74) is 4.34. The van der Waals surface area contributed by atoms with Gasteiger partial charge in [-0.1, -0.05) is 12.1 Å².